The lowest BCUT2D eigenvalue weighted by molar-refractivity contribution is -0.120. The van der Waals surface area contributed by atoms with Gasteiger partial charge in [0.25, 0.3) is 0 Å². The Morgan fingerprint density at radius 3 is 2.19 bits per heavy atom. The third kappa shape index (κ3) is 8.70. The normalized spacial score (nSPS) is 11.5. The van der Waals surface area contributed by atoms with Gasteiger partial charge in [0.2, 0.25) is 5.91 Å². The van der Waals surface area contributed by atoms with E-state index < -0.39 is 17.7 Å². The van der Waals surface area contributed by atoms with Crippen molar-refractivity contribution in [1.29, 1.82) is 0 Å². The molecule has 0 spiro atoms. The Morgan fingerprint density at radius 1 is 1.06 bits per heavy atom. The molecule has 1 N–H and O–H groups in total. The summed E-state index contributed by atoms with van der Waals surface area (Å²) in [4.78, 5) is 27.1. The minimum atomic E-state index is -0.765. The van der Waals surface area contributed by atoms with Gasteiger partial charge in [0.1, 0.15) is 17.4 Å². The summed E-state index contributed by atoms with van der Waals surface area (Å²) in [7, 11) is 3.27. The Labute approximate surface area is 186 Å². The average Bonchev–Trinajstić information content (AvgIpc) is 2.72. The molecule has 0 bridgehead atoms. The summed E-state index contributed by atoms with van der Waals surface area (Å²) in [6.07, 6.45) is -0.257. The molecule has 0 saturated heterocycles. The average molecular weight is 429 g/mol. The van der Waals surface area contributed by atoms with Crippen molar-refractivity contribution in [2.45, 2.75) is 59.6 Å². The van der Waals surface area contributed by atoms with Crippen LogP contribution in [-0.2, 0) is 16.0 Å². The Bertz CT molecular complexity index is 841. The van der Waals surface area contributed by atoms with Crippen LogP contribution in [-0.4, -0.2) is 37.8 Å². The number of carbonyl (C=O) groups is 2. The van der Waals surface area contributed by atoms with Gasteiger partial charge in [-0.25, -0.2) is 4.79 Å². The van der Waals surface area contributed by atoms with Crippen LogP contribution in [0.3, 0.4) is 0 Å². The zero-order valence-electron chi connectivity index (χ0n) is 20.0. The van der Waals surface area contributed by atoms with Crippen LogP contribution in [0.5, 0.6) is 5.75 Å². The first-order valence-corrected chi connectivity index (χ1v) is 10.6. The number of benzene rings is 2. The first kappa shape index (κ1) is 26.0. The van der Waals surface area contributed by atoms with Gasteiger partial charge in [0.05, 0.1) is 7.11 Å². The maximum atomic E-state index is 13.2. The highest BCUT2D eigenvalue weighted by molar-refractivity contribution is 5.98. The number of nitrogens with one attached hydrogen (secondary N) is 1. The highest BCUT2D eigenvalue weighted by Gasteiger charge is 2.27. The molecule has 0 aliphatic rings. The number of likely N-dealkylation sites (N-methyl/N-ethyl adjacent to an activating group) is 1. The maximum absolute atomic E-state index is 13.2. The molecule has 2 rings (SSSR count). The first-order chi connectivity index (χ1) is 14.6. The summed E-state index contributed by atoms with van der Waals surface area (Å²) in [5.41, 5.74) is 2.11. The molecule has 2 aromatic carbocycles. The van der Waals surface area contributed by atoms with E-state index in [4.69, 9.17) is 9.47 Å². The summed E-state index contributed by atoms with van der Waals surface area (Å²) >= 11 is 0. The SMILES string of the molecule is CC.COc1ccc(N(C)C(=O)C(Cc2cccc(C)c2)NC(=O)OC(C)(C)C)cc1. The minimum absolute atomic E-state index is 0.234. The van der Waals surface area contributed by atoms with Gasteiger partial charge < -0.3 is 19.7 Å². The topological polar surface area (TPSA) is 67.9 Å². The largest absolute Gasteiger partial charge is 0.497 e. The number of hydrogen-bond donors (Lipinski definition) is 1. The molecule has 6 heteroatoms. The van der Waals surface area contributed by atoms with E-state index in [1.165, 1.54) is 4.90 Å². The summed E-state index contributed by atoms with van der Waals surface area (Å²) in [5.74, 6) is 0.473. The fourth-order valence-corrected chi connectivity index (χ4v) is 2.89. The van der Waals surface area contributed by atoms with Gasteiger partial charge in [0.15, 0.2) is 0 Å². The van der Waals surface area contributed by atoms with Gasteiger partial charge in [-0.15, -0.1) is 0 Å². The molecule has 2 amide bonds. The van der Waals surface area contributed by atoms with Crippen LogP contribution in [0.2, 0.25) is 0 Å². The van der Waals surface area contributed by atoms with Gasteiger partial charge in [-0.1, -0.05) is 43.7 Å². The lowest BCUT2D eigenvalue weighted by Gasteiger charge is -2.27. The molecule has 31 heavy (non-hydrogen) atoms. The predicted octanol–water partition coefficient (Wildman–Crippen LogP) is 5.13. The molecule has 6 nitrogen and oxygen atoms in total. The van der Waals surface area contributed by atoms with Crippen molar-refractivity contribution in [2.24, 2.45) is 0 Å². The highest BCUT2D eigenvalue weighted by Crippen LogP contribution is 2.20. The monoisotopic (exact) mass is 428 g/mol. The number of rotatable bonds is 6. The van der Waals surface area contributed by atoms with Gasteiger partial charge in [-0.2, -0.15) is 0 Å². The van der Waals surface area contributed by atoms with E-state index in [0.717, 1.165) is 11.1 Å². The zero-order chi connectivity index (χ0) is 23.6. The second kappa shape index (κ2) is 12.0. The minimum Gasteiger partial charge on any atom is -0.497 e. The van der Waals surface area contributed by atoms with Crippen molar-refractivity contribution in [3.63, 3.8) is 0 Å². The third-order valence-corrected chi connectivity index (χ3v) is 4.30. The molecule has 170 valence electrons. The van der Waals surface area contributed by atoms with Crippen molar-refractivity contribution in [1.82, 2.24) is 5.32 Å². The van der Waals surface area contributed by atoms with E-state index in [2.05, 4.69) is 5.32 Å². The summed E-state index contributed by atoms with van der Waals surface area (Å²) in [6.45, 7) is 11.3. The van der Waals surface area contributed by atoms with Crippen molar-refractivity contribution in [3.05, 3.63) is 59.7 Å². The van der Waals surface area contributed by atoms with Crippen LogP contribution in [0.15, 0.2) is 48.5 Å². The summed E-state index contributed by atoms with van der Waals surface area (Å²) in [6, 6.07) is 14.3. The van der Waals surface area contributed by atoms with Crippen LogP contribution in [0.1, 0.15) is 45.7 Å². The Balaban J connectivity index is 0.00000233. The Kier molecular flexibility index (Phi) is 10.1. The third-order valence-electron chi connectivity index (χ3n) is 4.30. The molecule has 0 aliphatic carbocycles. The molecule has 1 unspecified atom stereocenters. The number of alkyl carbamates (subject to hydrolysis) is 1. The van der Waals surface area contributed by atoms with Crippen LogP contribution >= 0.6 is 0 Å². The highest BCUT2D eigenvalue weighted by atomic mass is 16.6. The molecule has 0 saturated carbocycles. The summed E-state index contributed by atoms with van der Waals surface area (Å²) in [5, 5.41) is 2.74. The number of carbonyl (C=O) groups excluding carboxylic acids is 2. The van der Waals surface area contributed by atoms with E-state index in [-0.39, 0.29) is 5.91 Å². The van der Waals surface area contributed by atoms with Crippen molar-refractivity contribution in [2.75, 3.05) is 19.1 Å². The quantitative estimate of drug-likeness (QED) is 0.693. The van der Waals surface area contributed by atoms with E-state index in [9.17, 15) is 9.59 Å². The van der Waals surface area contributed by atoms with Crippen molar-refractivity contribution >= 4 is 17.7 Å². The molecular formula is C25H36N2O4. The van der Waals surface area contributed by atoms with E-state index in [1.807, 2.05) is 45.0 Å². The van der Waals surface area contributed by atoms with Crippen LogP contribution in [0.4, 0.5) is 10.5 Å². The fourth-order valence-electron chi connectivity index (χ4n) is 2.89. The van der Waals surface area contributed by atoms with E-state index in [0.29, 0.717) is 17.9 Å². The molecule has 0 aromatic heterocycles. The Morgan fingerprint density at radius 2 is 1.68 bits per heavy atom. The smallest absolute Gasteiger partial charge is 0.408 e. The van der Waals surface area contributed by atoms with Gasteiger partial charge in [-0.3, -0.25) is 4.79 Å². The molecule has 1 atom stereocenters. The van der Waals surface area contributed by atoms with Gasteiger partial charge >= 0.3 is 6.09 Å². The maximum Gasteiger partial charge on any atom is 0.408 e. The van der Waals surface area contributed by atoms with Gasteiger partial charge in [-0.05, 0) is 57.5 Å². The van der Waals surface area contributed by atoms with Crippen LogP contribution in [0.25, 0.3) is 0 Å². The lowest BCUT2D eigenvalue weighted by atomic mass is 10.0. The zero-order valence-corrected chi connectivity index (χ0v) is 20.0. The standard InChI is InChI=1S/C23H30N2O4.C2H6/c1-16-8-7-9-17(14-16)15-20(24-22(27)29-23(2,3)4)21(26)25(5)18-10-12-19(28-6)13-11-18;1-2/h7-14,20H,15H2,1-6H3,(H,24,27);1-2H3. The molecule has 0 heterocycles. The molecule has 2 aromatic rings. The fraction of sp³-hybridized carbons (Fsp3) is 0.440. The van der Waals surface area contributed by atoms with Crippen LogP contribution < -0.4 is 15.0 Å². The van der Waals surface area contributed by atoms with E-state index >= 15 is 0 Å². The number of amides is 2. The first-order valence-electron chi connectivity index (χ1n) is 10.6. The summed E-state index contributed by atoms with van der Waals surface area (Å²) < 4.78 is 10.5. The molecule has 0 aliphatic heterocycles. The van der Waals surface area contributed by atoms with Crippen molar-refractivity contribution < 1.29 is 19.1 Å². The number of hydrogen-bond acceptors (Lipinski definition) is 4. The number of anilines is 1. The number of methoxy groups -OCH3 is 1. The number of aryl methyl sites for hydroxylation is 1. The van der Waals surface area contributed by atoms with Gasteiger partial charge in [0, 0.05) is 19.2 Å². The second-order valence-electron chi connectivity index (χ2n) is 7.99. The molecule has 0 fully saturated rings. The number of nitrogens with zero attached hydrogens (tertiary/aromatic N) is 1. The lowest BCUT2D eigenvalue weighted by Crippen LogP contribution is -2.50. The molecule has 0 radical (unpaired) electrons. The van der Waals surface area contributed by atoms with E-state index in [1.54, 1.807) is 59.2 Å². The van der Waals surface area contributed by atoms with Crippen LogP contribution in [0, 0.1) is 6.92 Å². The second-order valence-corrected chi connectivity index (χ2v) is 7.99. The number of ether oxygens (including phenoxy) is 2. The predicted molar refractivity (Wildman–Crippen MR) is 126 cm³/mol. The Hall–Kier alpha value is -3.02. The van der Waals surface area contributed by atoms with Crippen molar-refractivity contribution in [3.8, 4) is 5.75 Å². The molecular weight excluding hydrogens is 392 g/mol.